The monoisotopic (exact) mass is 385 g/mol. The molecule has 28 heavy (non-hydrogen) atoms. The third-order valence-corrected chi connectivity index (χ3v) is 5.53. The van der Waals surface area contributed by atoms with Crippen molar-refractivity contribution in [1.82, 2.24) is 5.32 Å². The molecule has 0 aromatic carbocycles. The van der Waals surface area contributed by atoms with E-state index in [1.165, 1.54) is 43.3 Å². The molecule has 160 valence electrons. The molecular weight excluding hydrogens is 338 g/mol. The molecule has 0 spiro atoms. The Bertz CT molecular complexity index is 555. The van der Waals surface area contributed by atoms with Crippen molar-refractivity contribution >= 4 is 0 Å². The van der Waals surface area contributed by atoms with E-state index in [2.05, 4.69) is 83.0 Å². The number of rotatable bonds is 8. The first-order valence-corrected chi connectivity index (χ1v) is 11.5. The minimum absolute atomic E-state index is 0.476. The summed E-state index contributed by atoms with van der Waals surface area (Å²) in [6.07, 6.45) is 21.0. The van der Waals surface area contributed by atoms with Crippen molar-refractivity contribution < 1.29 is 0 Å². The lowest BCUT2D eigenvalue weighted by Gasteiger charge is -2.25. The number of allylic oxidation sites excluding steroid dienone is 8. The maximum Gasteiger partial charge on any atom is 0.0182 e. The highest BCUT2D eigenvalue weighted by molar-refractivity contribution is 5.32. The summed E-state index contributed by atoms with van der Waals surface area (Å²) < 4.78 is 0. The maximum absolute atomic E-state index is 3.85. The zero-order chi connectivity index (χ0) is 21.6. The largest absolute Gasteiger partial charge is 0.308 e. The highest BCUT2D eigenvalue weighted by Crippen LogP contribution is 2.39. The lowest BCUT2D eigenvalue weighted by Crippen LogP contribution is -2.38. The van der Waals surface area contributed by atoms with Crippen LogP contribution in [-0.2, 0) is 0 Å². The van der Waals surface area contributed by atoms with Gasteiger partial charge in [-0.05, 0) is 71.8 Å². The van der Waals surface area contributed by atoms with Gasteiger partial charge < -0.3 is 5.32 Å². The van der Waals surface area contributed by atoms with Crippen molar-refractivity contribution in [1.29, 1.82) is 0 Å². The fourth-order valence-electron chi connectivity index (χ4n) is 3.47. The van der Waals surface area contributed by atoms with Gasteiger partial charge in [0.25, 0.3) is 0 Å². The van der Waals surface area contributed by atoms with Crippen LogP contribution in [0, 0.1) is 5.92 Å². The predicted molar refractivity (Wildman–Crippen MR) is 130 cm³/mol. The highest BCUT2D eigenvalue weighted by atomic mass is 15.0. The van der Waals surface area contributed by atoms with Crippen LogP contribution in [0.5, 0.6) is 0 Å². The maximum atomic E-state index is 3.85. The van der Waals surface area contributed by atoms with Crippen molar-refractivity contribution in [3.05, 3.63) is 59.8 Å². The highest BCUT2D eigenvalue weighted by Gasteiger charge is 2.41. The third kappa shape index (κ3) is 10.3. The molecule has 2 atom stereocenters. The zero-order valence-corrected chi connectivity index (χ0v) is 20.1. The van der Waals surface area contributed by atoms with Gasteiger partial charge in [-0.2, -0.15) is 0 Å². The first kappa shape index (κ1) is 26.7. The van der Waals surface area contributed by atoms with Crippen LogP contribution >= 0.6 is 0 Å². The lowest BCUT2D eigenvalue weighted by atomic mass is 9.85. The second kappa shape index (κ2) is 14.6. The van der Waals surface area contributed by atoms with Crippen molar-refractivity contribution in [3.63, 3.8) is 0 Å². The molecule has 0 aliphatic heterocycles. The van der Waals surface area contributed by atoms with Gasteiger partial charge in [0.2, 0.25) is 0 Å². The summed E-state index contributed by atoms with van der Waals surface area (Å²) in [5, 5.41) is 3.85. The van der Waals surface area contributed by atoms with Crippen LogP contribution < -0.4 is 5.32 Å². The molecule has 2 aliphatic rings. The number of nitrogens with one attached hydrogen (secondary N) is 1. The number of hydrogen-bond donors (Lipinski definition) is 1. The minimum atomic E-state index is 0.476. The van der Waals surface area contributed by atoms with Crippen molar-refractivity contribution in [2.24, 2.45) is 5.92 Å². The van der Waals surface area contributed by atoms with Crippen LogP contribution in [0.4, 0.5) is 0 Å². The minimum Gasteiger partial charge on any atom is -0.308 e. The molecule has 0 bridgehead atoms. The van der Waals surface area contributed by atoms with Gasteiger partial charge in [-0.1, -0.05) is 75.3 Å². The van der Waals surface area contributed by atoms with Gasteiger partial charge in [0.15, 0.2) is 0 Å². The zero-order valence-electron chi connectivity index (χ0n) is 20.1. The smallest absolute Gasteiger partial charge is 0.0182 e. The van der Waals surface area contributed by atoms with Crippen molar-refractivity contribution in [3.8, 4) is 0 Å². The van der Waals surface area contributed by atoms with Crippen molar-refractivity contribution in [2.75, 3.05) is 0 Å². The molecule has 0 heterocycles. The second-order valence-electron chi connectivity index (χ2n) is 8.00. The summed E-state index contributed by atoms with van der Waals surface area (Å²) >= 11 is 0. The standard InChI is InChI=1S/C20H31N.C5H10.C2H6/c1-5-9-18(6-2)19-11-8-10-17(15-19)14-16(4)21-20(7-3)12-13-20;1-4-5(2)3;1-2/h5-6,8-11,16,19,21H,7,12-15H2,1-4H3;2,4H2,1,3H3;1-2H3/b9-5-,18-6+;;. The molecule has 1 saturated carbocycles. The quantitative estimate of drug-likeness (QED) is 0.327. The van der Waals surface area contributed by atoms with Gasteiger partial charge in [0, 0.05) is 17.5 Å². The van der Waals surface area contributed by atoms with E-state index in [4.69, 9.17) is 0 Å². The van der Waals surface area contributed by atoms with Gasteiger partial charge in [-0.25, -0.2) is 0 Å². The van der Waals surface area contributed by atoms with E-state index in [0.29, 0.717) is 17.5 Å². The summed E-state index contributed by atoms with van der Waals surface area (Å²) in [5.41, 5.74) is 4.75. The van der Waals surface area contributed by atoms with E-state index >= 15 is 0 Å². The molecule has 0 radical (unpaired) electrons. The van der Waals surface area contributed by atoms with Gasteiger partial charge in [0.05, 0.1) is 0 Å². The van der Waals surface area contributed by atoms with Crippen LogP contribution in [-0.4, -0.2) is 11.6 Å². The Morgan fingerprint density at radius 3 is 2.32 bits per heavy atom. The first-order valence-electron chi connectivity index (χ1n) is 11.5. The van der Waals surface area contributed by atoms with Gasteiger partial charge in [-0.3, -0.25) is 0 Å². The summed E-state index contributed by atoms with van der Waals surface area (Å²) in [6, 6.07) is 0.585. The Morgan fingerprint density at radius 1 is 1.29 bits per heavy atom. The summed E-state index contributed by atoms with van der Waals surface area (Å²) in [7, 11) is 0. The molecule has 0 aromatic rings. The molecule has 2 rings (SSSR count). The Hall–Kier alpha value is -1.34. The van der Waals surface area contributed by atoms with Crippen LogP contribution in [0.15, 0.2) is 59.8 Å². The van der Waals surface area contributed by atoms with Crippen LogP contribution in [0.3, 0.4) is 0 Å². The topological polar surface area (TPSA) is 12.0 Å². The molecule has 1 heteroatoms. The van der Waals surface area contributed by atoms with Gasteiger partial charge in [0.1, 0.15) is 0 Å². The molecule has 0 aromatic heterocycles. The van der Waals surface area contributed by atoms with E-state index in [0.717, 1.165) is 6.42 Å². The fraction of sp³-hybridized carbons (Fsp3) is 0.630. The Kier molecular flexibility index (Phi) is 13.9. The molecule has 0 amide bonds. The van der Waals surface area contributed by atoms with Crippen molar-refractivity contribution in [2.45, 2.75) is 105 Å². The molecule has 2 aliphatic carbocycles. The fourth-order valence-corrected chi connectivity index (χ4v) is 3.47. The summed E-state index contributed by atoms with van der Waals surface area (Å²) in [6.45, 7) is 20.7. The summed E-state index contributed by atoms with van der Waals surface area (Å²) in [5.74, 6) is 0.555. The molecule has 2 unspecified atom stereocenters. The Balaban J connectivity index is 0.000000906. The van der Waals surface area contributed by atoms with Crippen LogP contribution in [0.1, 0.15) is 93.9 Å². The summed E-state index contributed by atoms with van der Waals surface area (Å²) in [4.78, 5) is 0. The van der Waals surface area contributed by atoms with Gasteiger partial charge in [-0.15, -0.1) is 6.58 Å². The SMILES string of the molecule is C/C=C\C(=C/C)C1C=CC=C(CC(C)NC2(CC)CC2)C1.C=C(C)CC.CC. The Labute approximate surface area is 176 Å². The lowest BCUT2D eigenvalue weighted by molar-refractivity contribution is 0.412. The normalized spacial score (nSPS) is 21.1. The van der Waals surface area contributed by atoms with Crippen LogP contribution in [0.25, 0.3) is 0 Å². The average Bonchev–Trinajstić information content (AvgIpc) is 3.48. The molecule has 1 fully saturated rings. The van der Waals surface area contributed by atoms with E-state index in [1.54, 1.807) is 5.57 Å². The predicted octanol–water partition coefficient (Wildman–Crippen LogP) is 8.32. The third-order valence-electron chi connectivity index (χ3n) is 5.53. The van der Waals surface area contributed by atoms with E-state index in [-0.39, 0.29) is 0 Å². The van der Waals surface area contributed by atoms with Crippen LogP contribution in [0.2, 0.25) is 0 Å². The van der Waals surface area contributed by atoms with Gasteiger partial charge >= 0.3 is 0 Å². The van der Waals surface area contributed by atoms with E-state index < -0.39 is 0 Å². The molecule has 0 saturated heterocycles. The van der Waals surface area contributed by atoms with E-state index in [1.807, 2.05) is 20.8 Å². The Morgan fingerprint density at radius 2 is 1.89 bits per heavy atom. The second-order valence-corrected chi connectivity index (χ2v) is 8.00. The molecular formula is C27H47N. The first-order chi connectivity index (χ1) is 13.4. The average molecular weight is 386 g/mol. The van der Waals surface area contributed by atoms with E-state index in [9.17, 15) is 0 Å². The molecule has 1 N–H and O–H groups in total. The molecule has 1 nitrogen and oxygen atoms in total. The number of hydrogen-bond acceptors (Lipinski definition) is 1.